The molecule has 0 aliphatic heterocycles. The van der Waals surface area contributed by atoms with Gasteiger partial charge in [0.15, 0.2) is 0 Å². The summed E-state index contributed by atoms with van der Waals surface area (Å²) in [6, 6.07) is 16.0. The van der Waals surface area contributed by atoms with Crippen molar-refractivity contribution >= 4 is 29.6 Å². The van der Waals surface area contributed by atoms with Crippen LogP contribution < -0.4 is 21.3 Å². The third kappa shape index (κ3) is 7.63. The summed E-state index contributed by atoms with van der Waals surface area (Å²) < 4.78 is 5.27. The van der Waals surface area contributed by atoms with Crippen LogP contribution in [0.5, 0.6) is 0 Å². The zero-order valence-electron chi connectivity index (χ0n) is 16.5. The monoisotopic (exact) mass is 412 g/mol. The van der Waals surface area contributed by atoms with E-state index in [4.69, 9.17) is 4.74 Å². The Bertz CT molecular complexity index is 858. The van der Waals surface area contributed by atoms with E-state index in [-0.39, 0.29) is 13.0 Å². The molecule has 4 N–H and O–H groups in total. The maximum Gasteiger partial charge on any atom is 0.321 e. The normalized spacial score (nSPS) is 11.0. The van der Waals surface area contributed by atoms with Crippen LogP contribution in [0.4, 0.5) is 15.3 Å². The van der Waals surface area contributed by atoms with Crippen molar-refractivity contribution in [3.05, 3.63) is 66.2 Å². The second kappa shape index (κ2) is 11.8. The average molecular weight is 412 g/mol. The molecule has 9 heteroatoms. The standard InChI is InChI=1S/C21H24N4O5/c1-2-22-20(28)25-19(27)18(15-9-5-3-6-10-15)30-17(26)13-14-23-21(29)24-16-11-7-4-8-12-16/h3-12,18H,2,13-14H2,1H3,(H2,23,24,29)(H2,22,25,27,28)/t18-/m0/s1. The van der Waals surface area contributed by atoms with Crippen LogP contribution in [-0.4, -0.2) is 37.0 Å². The van der Waals surface area contributed by atoms with Crippen LogP contribution >= 0.6 is 0 Å². The zero-order valence-corrected chi connectivity index (χ0v) is 16.5. The Morgan fingerprint density at radius 1 is 0.867 bits per heavy atom. The largest absolute Gasteiger partial charge is 0.447 e. The van der Waals surface area contributed by atoms with Gasteiger partial charge in [-0.3, -0.25) is 14.9 Å². The van der Waals surface area contributed by atoms with Gasteiger partial charge in [0.05, 0.1) is 6.42 Å². The van der Waals surface area contributed by atoms with Crippen LogP contribution in [0.25, 0.3) is 0 Å². The van der Waals surface area contributed by atoms with Crippen molar-refractivity contribution in [1.29, 1.82) is 0 Å². The van der Waals surface area contributed by atoms with E-state index in [2.05, 4.69) is 21.3 Å². The van der Waals surface area contributed by atoms with E-state index in [1.807, 2.05) is 6.07 Å². The van der Waals surface area contributed by atoms with Crippen LogP contribution in [0.3, 0.4) is 0 Å². The summed E-state index contributed by atoms with van der Waals surface area (Å²) in [6.45, 7) is 2.06. The highest BCUT2D eigenvalue weighted by molar-refractivity contribution is 5.97. The van der Waals surface area contributed by atoms with E-state index in [0.29, 0.717) is 17.8 Å². The van der Waals surface area contributed by atoms with Gasteiger partial charge in [0.25, 0.3) is 5.91 Å². The molecular formula is C21H24N4O5. The number of carbonyl (C=O) groups excluding carboxylic acids is 4. The molecule has 0 unspecified atom stereocenters. The number of urea groups is 2. The van der Waals surface area contributed by atoms with Gasteiger partial charge in [-0.05, 0) is 19.1 Å². The Kier molecular flexibility index (Phi) is 8.85. The lowest BCUT2D eigenvalue weighted by atomic mass is 10.1. The number of hydrogen-bond donors (Lipinski definition) is 4. The molecule has 2 rings (SSSR count). The number of hydrogen-bond acceptors (Lipinski definition) is 5. The smallest absolute Gasteiger partial charge is 0.321 e. The minimum absolute atomic E-state index is 0.0109. The number of benzene rings is 2. The molecule has 0 saturated heterocycles. The first-order valence-corrected chi connectivity index (χ1v) is 9.42. The lowest BCUT2D eigenvalue weighted by Gasteiger charge is -2.18. The van der Waals surface area contributed by atoms with E-state index in [9.17, 15) is 19.2 Å². The summed E-state index contributed by atoms with van der Waals surface area (Å²) in [5.74, 6) is -1.47. The summed E-state index contributed by atoms with van der Waals surface area (Å²) in [6.07, 6.45) is -1.44. The fourth-order valence-electron chi connectivity index (χ4n) is 2.45. The minimum Gasteiger partial charge on any atom is -0.447 e. The van der Waals surface area contributed by atoms with Crippen molar-refractivity contribution in [2.24, 2.45) is 0 Å². The summed E-state index contributed by atoms with van der Waals surface area (Å²) in [5, 5.41) is 9.74. The van der Waals surface area contributed by atoms with E-state index < -0.39 is 30.0 Å². The molecule has 9 nitrogen and oxygen atoms in total. The Morgan fingerprint density at radius 3 is 2.13 bits per heavy atom. The molecule has 2 aromatic rings. The lowest BCUT2D eigenvalue weighted by Crippen LogP contribution is -2.42. The molecule has 2 aromatic carbocycles. The molecule has 0 saturated carbocycles. The highest BCUT2D eigenvalue weighted by atomic mass is 16.5. The quantitative estimate of drug-likeness (QED) is 0.495. The molecule has 0 bridgehead atoms. The van der Waals surface area contributed by atoms with E-state index in [1.165, 1.54) is 0 Å². The molecule has 158 valence electrons. The second-order valence-corrected chi connectivity index (χ2v) is 6.13. The van der Waals surface area contributed by atoms with Gasteiger partial charge in [0.2, 0.25) is 6.10 Å². The van der Waals surface area contributed by atoms with Crippen molar-refractivity contribution in [1.82, 2.24) is 16.0 Å². The second-order valence-electron chi connectivity index (χ2n) is 6.13. The van der Waals surface area contributed by atoms with Crippen molar-refractivity contribution in [3.63, 3.8) is 0 Å². The number of imide groups is 1. The molecular weight excluding hydrogens is 388 g/mol. The first-order chi connectivity index (χ1) is 14.5. The topological polar surface area (TPSA) is 126 Å². The number of ether oxygens (including phenoxy) is 1. The molecule has 0 aliphatic carbocycles. The van der Waals surface area contributed by atoms with Gasteiger partial charge in [-0.15, -0.1) is 0 Å². The number of rotatable bonds is 8. The SMILES string of the molecule is CCNC(=O)NC(=O)[C@@H](OC(=O)CCNC(=O)Nc1ccccc1)c1ccccc1. The molecule has 30 heavy (non-hydrogen) atoms. The molecule has 1 atom stereocenters. The number of nitrogens with one attached hydrogen (secondary N) is 4. The summed E-state index contributed by atoms with van der Waals surface area (Å²) in [4.78, 5) is 48.1. The maximum absolute atomic E-state index is 12.4. The van der Waals surface area contributed by atoms with Gasteiger partial charge in [-0.25, -0.2) is 9.59 Å². The number of carbonyl (C=O) groups is 4. The zero-order chi connectivity index (χ0) is 21.8. The first-order valence-electron chi connectivity index (χ1n) is 9.42. The Morgan fingerprint density at radius 2 is 1.50 bits per heavy atom. The lowest BCUT2D eigenvalue weighted by molar-refractivity contribution is -0.156. The van der Waals surface area contributed by atoms with Gasteiger partial charge in [-0.2, -0.15) is 0 Å². The molecule has 0 aromatic heterocycles. The van der Waals surface area contributed by atoms with Gasteiger partial charge in [-0.1, -0.05) is 48.5 Å². The van der Waals surface area contributed by atoms with Crippen molar-refractivity contribution < 1.29 is 23.9 Å². The van der Waals surface area contributed by atoms with Crippen LogP contribution in [-0.2, 0) is 14.3 Å². The Balaban J connectivity index is 1.88. The van der Waals surface area contributed by atoms with E-state index in [0.717, 1.165) is 0 Å². The van der Waals surface area contributed by atoms with Crippen molar-refractivity contribution in [2.75, 3.05) is 18.4 Å². The highest BCUT2D eigenvalue weighted by Crippen LogP contribution is 2.18. The molecule has 0 heterocycles. The Labute approximate surface area is 174 Å². The van der Waals surface area contributed by atoms with Gasteiger partial charge >= 0.3 is 18.0 Å². The summed E-state index contributed by atoms with van der Waals surface area (Å²) in [5.41, 5.74) is 1.03. The molecule has 0 aliphatic rings. The van der Waals surface area contributed by atoms with Crippen LogP contribution in [0.15, 0.2) is 60.7 Å². The van der Waals surface area contributed by atoms with Crippen LogP contribution in [0.2, 0.25) is 0 Å². The van der Waals surface area contributed by atoms with E-state index >= 15 is 0 Å². The molecule has 0 fully saturated rings. The minimum atomic E-state index is -1.29. The van der Waals surface area contributed by atoms with Crippen LogP contribution in [0, 0.1) is 0 Å². The fraction of sp³-hybridized carbons (Fsp3) is 0.238. The van der Waals surface area contributed by atoms with Crippen molar-refractivity contribution in [2.45, 2.75) is 19.4 Å². The Hall–Kier alpha value is -3.88. The maximum atomic E-state index is 12.4. The predicted molar refractivity (Wildman–Crippen MR) is 111 cm³/mol. The highest BCUT2D eigenvalue weighted by Gasteiger charge is 2.26. The number of para-hydroxylation sites is 1. The summed E-state index contributed by atoms with van der Waals surface area (Å²) >= 11 is 0. The van der Waals surface area contributed by atoms with Gasteiger partial charge in [0, 0.05) is 24.3 Å². The molecule has 0 radical (unpaired) electrons. The fourth-order valence-corrected chi connectivity index (χ4v) is 2.45. The number of esters is 1. The van der Waals surface area contributed by atoms with Crippen LogP contribution in [0.1, 0.15) is 25.0 Å². The number of anilines is 1. The van der Waals surface area contributed by atoms with Gasteiger partial charge in [0.1, 0.15) is 0 Å². The first kappa shape index (κ1) is 22.4. The molecule has 5 amide bonds. The van der Waals surface area contributed by atoms with Crippen molar-refractivity contribution in [3.8, 4) is 0 Å². The number of amides is 5. The average Bonchev–Trinajstić information content (AvgIpc) is 2.73. The van der Waals surface area contributed by atoms with E-state index in [1.54, 1.807) is 61.5 Å². The molecule has 0 spiro atoms. The third-order valence-electron chi connectivity index (χ3n) is 3.81. The summed E-state index contributed by atoms with van der Waals surface area (Å²) in [7, 11) is 0. The predicted octanol–water partition coefficient (Wildman–Crippen LogP) is 2.33. The third-order valence-corrected chi connectivity index (χ3v) is 3.81. The van der Waals surface area contributed by atoms with Gasteiger partial charge < -0.3 is 20.7 Å².